The van der Waals surface area contributed by atoms with Crippen LogP contribution in [0.25, 0.3) is 11.3 Å². The highest BCUT2D eigenvalue weighted by Gasteiger charge is 2.30. The molecule has 0 N–H and O–H groups in total. The summed E-state index contributed by atoms with van der Waals surface area (Å²) >= 11 is 5.91. The monoisotopic (exact) mass is 431 g/mol. The van der Waals surface area contributed by atoms with Gasteiger partial charge in [-0.3, -0.25) is 9.59 Å². The number of amides is 2. The minimum atomic E-state index is 0.0147. The van der Waals surface area contributed by atoms with Crippen LogP contribution in [0.1, 0.15) is 25.2 Å². The van der Waals surface area contributed by atoms with Crippen molar-refractivity contribution in [3.63, 3.8) is 0 Å². The van der Waals surface area contributed by atoms with Crippen molar-refractivity contribution in [3.05, 3.63) is 41.4 Å². The molecule has 2 aliphatic heterocycles. The number of hydrogen-bond acceptors (Lipinski definition) is 5. The number of carbonyl (C=O) groups is 2. The smallest absolute Gasteiger partial charge is 0.225 e. The molecule has 2 fully saturated rings. The number of halogens is 1. The standard InChI is InChI=1S/C22H26ClN3O4/c23-18-3-1-16(2-4-18)19-15-24-20(30-19)5-6-21(27)25-9-7-17(8-10-25)22(28)26-11-13-29-14-12-26/h1-4,15,17H,5-14H2. The van der Waals surface area contributed by atoms with E-state index >= 15 is 0 Å². The number of hydrogen-bond donors (Lipinski definition) is 0. The van der Waals surface area contributed by atoms with Gasteiger partial charge in [0.25, 0.3) is 0 Å². The lowest BCUT2D eigenvalue weighted by atomic mass is 9.95. The largest absolute Gasteiger partial charge is 0.441 e. The lowest BCUT2D eigenvalue weighted by Gasteiger charge is -2.35. The van der Waals surface area contributed by atoms with E-state index in [2.05, 4.69) is 4.98 Å². The van der Waals surface area contributed by atoms with Crippen LogP contribution in [0.15, 0.2) is 34.9 Å². The van der Waals surface area contributed by atoms with Gasteiger partial charge in [-0.05, 0) is 37.1 Å². The van der Waals surface area contributed by atoms with E-state index in [9.17, 15) is 9.59 Å². The van der Waals surface area contributed by atoms with E-state index in [1.165, 1.54) is 0 Å². The number of rotatable bonds is 5. The van der Waals surface area contributed by atoms with Crippen molar-refractivity contribution in [2.75, 3.05) is 39.4 Å². The molecule has 4 rings (SSSR count). The number of benzene rings is 1. The molecule has 2 aromatic rings. The highest BCUT2D eigenvalue weighted by Crippen LogP contribution is 2.24. The zero-order valence-electron chi connectivity index (χ0n) is 16.9. The first-order valence-corrected chi connectivity index (χ1v) is 10.8. The molecule has 3 heterocycles. The molecule has 30 heavy (non-hydrogen) atoms. The van der Waals surface area contributed by atoms with Crippen molar-refractivity contribution in [2.24, 2.45) is 5.92 Å². The Kier molecular flexibility index (Phi) is 6.69. The summed E-state index contributed by atoms with van der Waals surface area (Å²) < 4.78 is 11.1. The van der Waals surface area contributed by atoms with Crippen LogP contribution in [0.2, 0.25) is 5.02 Å². The zero-order valence-corrected chi connectivity index (χ0v) is 17.6. The van der Waals surface area contributed by atoms with Gasteiger partial charge in [0.15, 0.2) is 11.7 Å². The van der Waals surface area contributed by atoms with Crippen LogP contribution in [-0.2, 0) is 20.7 Å². The number of aryl methyl sites for hydroxylation is 1. The first-order chi connectivity index (χ1) is 14.6. The molecule has 2 aliphatic rings. The Labute approximate surface area is 180 Å². The fraction of sp³-hybridized carbons (Fsp3) is 0.500. The van der Waals surface area contributed by atoms with Gasteiger partial charge in [0.05, 0.1) is 19.4 Å². The van der Waals surface area contributed by atoms with Gasteiger partial charge < -0.3 is 19.0 Å². The molecule has 0 bridgehead atoms. The second-order valence-electron chi connectivity index (χ2n) is 7.72. The van der Waals surface area contributed by atoms with Crippen molar-refractivity contribution in [1.29, 1.82) is 0 Å². The molecule has 0 radical (unpaired) electrons. The second kappa shape index (κ2) is 9.62. The van der Waals surface area contributed by atoms with Crippen LogP contribution < -0.4 is 0 Å². The molecule has 8 heteroatoms. The third-order valence-electron chi connectivity index (χ3n) is 5.75. The maximum atomic E-state index is 12.6. The van der Waals surface area contributed by atoms with Gasteiger partial charge in [0, 0.05) is 55.5 Å². The first kappa shape index (κ1) is 20.9. The maximum Gasteiger partial charge on any atom is 0.225 e. The Bertz CT molecular complexity index is 869. The molecular weight excluding hydrogens is 406 g/mol. The molecule has 1 aromatic heterocycles. The molecule has 0 saturated carbocycles. The summed E-state index contributed by atoms with van der Waals surface area (Å²) in [5, 5.41) is 0.666. The molecule has 0 atom stereocenters. The molecule has 0 spiro atoms. The fourth-order valence-corrected chi connectivity index (χ4v) is 4.09. The number of oxazole rings is 1. The van der Waals surface area contributed by atoms with Gasteiger partial charge in [-0.1, -0.05) is 11.6 Å². The van der Waals surface area contributed by atoms with Crippen LogP contribution >= 0.6 is 11.6 Å². The van der Waals surface area contributed by atoms with Gasteiger partial charge >= 0.3 is 0 Å². The third kappa shape index (κ3) is 5.02. The Hall–Kier alpha value is -2.38. The number of likely N-dealkylation sites (tertiary alicyclic amines) is 1. The highest BCUT2D eigenvalue weighted by molar-refractivity contribution is 6.30. The minimum absolute atomic E-state index is 0.0147. The van der Waals surface area contributed by atoms with Crippen molar-refractivity contribution in [2.45, 2.75) is 25.7 Å². The number of ether oxygens (including phenoxy) is 1. The number of carbonyl (C=O) groups excluding carboxylic acids is 2. The summed E-state index contributed by atoms with van der Waals surface area (Å²) in [6, 6.07) is 7.35. The van der Waals surface area contributed by atoms with Crippen molar-refractivity contribution in [1.82, 2.24) is 14.8 Å². The summed E-state index contributed by atoms with van der Waals surface area (Å²) in [6.45, 7) is 3.83. The third-order valence-corrected chi connectivity index (χ3v) is 6.01. The molecule has 2 amide bonds. The van der Waals surface area contributed by atoms with Gasteiger partial charge in [-0.2, -0.15) is 0 Å². The Morgan fingerprint density at radius 1 is 1.03 bits per heavy atom. The minimum Gasteiger partial charge on any atom is -0.441 e. The average Bonchev–Trinajstić information content (AvgIpc) is 3.27. The summed E-state index contributed by atoms with van der Waals surface area (Å²) in [6.07, 6.45) is 3.93. The number of piperidine rings is 1. The zero-order chi connectivity index (χ0) is 20.9. The van der Waals surface area contributed by atoms with Crippen LogP contribution in [0.5, 0.6) is 0 Å². The summed E-state index contributed by atoms with van der Waals surface area (Å²) in [4.78, 5) is 33.2. The van der Waals surface area contributed by atoms with Gasteiger partial charge in [-0.25, -0.2) is 4.98 Å². The predicted molar refractivity (Wildman–Crippen MR) is 112 cm³/mol. The molecule has 1 aromatic carbocycles. The van der Waals surface area contributed by atoms with Gasteiger partial charge in [0.2, 0.25) is 11.8 Å². The van der Waals surface area contributed by atoms with E-state index in [1.807, 2.05) is 21.9 Å². The van der Waals surface area contributed by atoms with E-state index in [0.29, 0.717) is 68.9 Å². The number of morpholine rings is 1. The van der Waals surface area contributed by atoms with E-state index < -0.39 is 0 Å². The Morgan fingerprint density at radius 2 is 1.73 bits per heavy atom. The van der Waals surface area contributed by atoms with Gasteiger partial charge in [0.1, 0.15) is 0 Å². The number of nitrogens with zero attached hydrogens (tertiary/aromatic N) is 3. The number of aromatic nitrogens is 1. The molecule has 0 aliphatic carbocycles. The lowest BCUT2D eigenvalue weighted by molar-refractivity contribution is -0.143. The van der Waals surface area contributed by atoms with Crippen LogP contribution in [0.4, 0.5) is 0 Å². The lowest BCUT2D eigenvalue weighted by Crippen LogP contribution is -2.47. The van der Waals surface area contributed by atoms with Crippen molar-refractivity contribution < 1.29 is 18.7 Å². The van der Waals surface area contributed by atoms with Crippen LogP contribution in [0, 0.1) is 5.92 Å². The second-order valence-corrected chi connectivity index (χ2v) is 8.15. The summed E-state index contributed by atoms with van der Waals surface area (Å²) in [5.74, 6) is 1.52. The first-order valence-electron chi connectivity index (χ1n) is 10.4. The molecule has 160 valence electrons. The summed E-state index contributed by atoms with van der Waals surface area (Å²) in [7, 11) is 0. The van der Waals surface area contributed by atoms with E-state index in [-0.39, 0.29) is 17.7 Å². The predicted octanol–water partition coefficient (Wildman–Crippen LogP) is 3.03. The quantitative estimate of drug-likeness (QED) is 0.727. The Morgan fingerprint density at radius 3 is 2.43 bits per heavy atom. The summed E-state index contributed by atoms with van der Waals surface area (Å²) in [5.41, 5.74) is 0.900. The normalized spacial score (nSPS) is 17.9. The molecular formula is C22H26ClN3O4. The van der Waals surface area contributed by atoms with E-state index in [0.717, 1.165) is 18.4 Å². The van der Waals surface area contributed by atoms with Crippen molar-refractivity contribution >= 4 is 23.4 Å². The topological polar surface area (TPSA) is 75.9 Å². The molecule has 0 unspecified atom stereocenters. The Balaban J connectivity index is 1.23. The molecule has 7 nitrogen and oxygen atoms in total. The van der Waals surface area contributed by atoms with Crippen molar-refractivity contribution in [3.8, 4) is 11.3 Å². The highest BCUT2D eigenvalue weighted by atomic mass is 35.5. The van der Waals surface area contributed by atoms with E-state index in [4.69, 9.17) is 20.8 Å². The van der Waals surface area contributed by atoms with Crippen LogP contribution in [-0.4, -0.2) is 66.0 Å². The van der Waals surface area contributed by atoms with E-state index in [1.54, 1.807) is 18.3 Å². The van der Waals surface area contributed by atoms with Gasteiger partial charge in [-0.15, -0.1) is 0 Å². The fourth-order valence-electron chi connectivity index (χ4n) is 3.96. The SMILES string of the molecule is O=C(CCc1ncc(-c2ccc(Cl)cc2)o1)N1CCC(C(=O)N2CCOCC2)CC1. The average molecular weight is 432 g/mol. The molecule has 2 saturated heterocycles. The maximum absolute atomic E-state index is 12.6. The van der Waals surface area contributed by atoms with Crippen LogP contribution in [0.3, 0.4) is 0 Å².